The van der Waals surface area contributed by atoms with Crippen molar-refractivity contribution in [2.75, 3.05) is 20.0 Å². The normalized spacial score (nSPS) is 11.0. The topological polar surface area (TPSA) is 18.5 Å². The number of unbranched alkanes of at least 4 members (excludes halogenated alkanes) is 9. The van der Waals surface area contributed by atoms with Gasteiger partial charge < -0.3 is 9.47 Å². The van der Waals surface area contributed by atoms with Crippen molar-refractivity contribution in [1.29, 1.82) is 0 Å². The molecule has 0 aliphatic rings. The van der Waals surface area contributed by atoms with Crippen LogP contribution in [0.1, 0.15) is 84.5 Å². The lowest BCUT2D eigenvalue weighted by Crippen LogP contribution is -2.02. The van der Waals surface area contributed by atoms with Crippen LogP contribution < -0.4 is 0 Å². The van der Waals surface area contributed by atoms with Crippen molar-refractivity contribution in [3.63, 3.8) is 0 Å². The molecular formula is C16H34O2. The molecule has 0 radical (unpaired) electrons. The number of hydrogen-bond acceptors (Lipinski definition) is 2. The summed E-state index contributed by atoms with van der Waals surface area (Å²) in [6.45, 7) is 6.68. The molecule has 0 spiro atoms. The van der Waals surface area contributed by atoms with Gasteiger partial charge in [-0.15, -0.1) is 0 Å². The fraction of sp³-hybridized carbons (Fsp3) is 1.00. The van der Waals surface area contributed by atoms with Gasteiger partial charge >= 0.3 is 0 Å². The molecule has 2 heteroatoms. The molecule has 0 saturated heterocycles. The molecule has 0 atom stereocenters. The third-order valence-electron chi connectivity index (χ3n) is 3.20. The van der Waals surface area contributed by atoms with Crippen LogP contribution in [0.3, 0.4) is 0 Å². The fourth-order valence-electron chi connectivity index (χ4n) is 1.97. The second-order valence-corrected chi connectivity index (χ2v) is 5.12. The summed E-state index contributed by atoms with van der Waals surface area (Å²) in [6, 6.07) is 0. The van der Waals surface area contributed by atoms with E-state index in [2.05, 4.69) is 13.8 Å². The maximum atomic E-state index is 5.44. The molecule has 2 nitrogen and oxygen atoms in total. The van der Waals surface area contributed by atoms with Crippen LogP contribution >= 0.6 is 0 Å². The van der Waals surface area contributed by atoms with E-state index in [1.807, 2.05) is 0 Å². The number of ether oxygens (including phenoxy) is 2. The van der Waals surface area contributed by atoms with Crippen LogP contribution in [0, 0.1) is 0 Å². The zero-order valence-corrected chi connectivity index (χ0v) is 12.7. The highest BCUT2D eigenvalue weighted by Gasteiger charge is 1.93. The van der Waals surface area contributed by atoms with E-state index in [1.165, 1.54) is 64.2 Å². The Morgan fingerprint density at radius 2 is 0.889 bits per heavy atom. The maximum absolute atomic E-state index is 5.44. The summed E-state index contributed by atoms with van der Waals surface area (Å²) in [5.41, 5.74) is 0. The molecule has 110 valence electrons. The monoisotopic (exact) mass is 258 g/mol. The first-order valence-electron chi connectivity index (χ1n) is 8.07. The minimum atomic E-state index is 0.486. The van der Waals surface area contributed by atoms with E-state index < -0.39 is 0 Å². The molecule has 0 aromatic rings. The van der Waals surface area contributed by atoms with E-state index in [-0.39, 0.29) is 0 Å². The predicted molar refractivity (Wildman–Crippen MR) is 78.9 cm³/mol. The average molecular weight is 258 g/mol. The van der Waals surface area contributed by atoms with Crippen LogP contribution in [-0.2, 0) is 9.47 Å². The van der Waals surface area contributed by atoms with Gasteiger partial charge in [0, 0.05) is 13.2 Å². The van der Waals surface area contributed by atoms with Gasteiger partial charge in [-0.3, -0.25) is 0 Å². The third kappa shape index (κ3) is 15.9. The van der Waals surface area contributed by atoms with Crippen molar-refractivity contribution in [3.8, 4) is 0 Å². The van der Waals surface area contributed by atoms with Gasteiger partial charge in [-0.1, -0.05) is 71.6 Å². The molecule has 0 N–H and O–H groups in total. The Kier molecular flexibility index (Phi) is 16.8. The van der Waals surface area contributed by atoms with E-state index in [1.54, 1.807) is 0 Å². The van der Waals surface area contributed by atoms with E-state index in [0.717, 1.165) is 19.6 Å². The Labute approximate surface area is 114 Å². The van der Waals surface area contributed by atoms with Gasteiger partial charge in [0.25, 0.3) is 0 Å². The molecule has 0 amide bonds. The van der Waals surface area contributed by atoms with Crippen LogP contribution in [0.2, 0.25) is 0 Å². The highest BCUT2D eigenvalue weighted by molar-refractivity contribution is 4.45. The lowest BCUT2D eigenvalue weighted by Gasteiger charge is -2.05. The Hall–Kier alpha value is -0.0800. The molecule has 0 heterocycles. The molecular weight excluding hydrogens is 224 g/mol. The first kappa shape index (κ1) is 17.9. The molecule has 0 unspecified atom stereocenters. The summed E-state index contributed by atoms with van der Waals surface area (Å²) in [5.74, 6) is 0. The molecule has 0 fully saturated rings. The molecule has 0 saturated carbocycles. The molecule has 0 aromatic heterocycles. The molecule has 0 bridgehead atoms. The van der Waals surface area contributed by atoms with Crippen molar-refractivity contribution >= 4 is 0 Å². The second-order valence-electron chi connectivity index (χ2n) is 5.12. The molecule has 0 aromatic carbocycles. The lowest BCUT2D eigenvalue weighted by atomic mass is 10.1. The van der Waals surface area contributed by atoms with Crippen molar-refractivity contribution < 1.29 is 9.47 Å². The Morgan fingerprint density at radius 3 is 1.44 bits per heavy atom. The van der Waals surface area contributed by atoms with Crippen LogP contribution in [-0.4, -0.2) is 20.0 Å². The van der Waals surface area contributed by atoms with Gasteiger partial charge in [0.05, 0.1) is 0 Å². The van der Waals surface area contributed by atoms with Crippen molar-refractivity contribution in [1.82, 2.24) is 0 Å². The molecule has 0 aliphatic carbocycles. The summed E-state index contributed by atoms with van der Waals surface area (Å²) in [4.78, 5) is 0. The summed E-state index contributed by atoms with van der Waals surface area (Å²) in [7, 11) is 0. The SMILES string of the molecule is CCCCCCCCCCOCOCCCCC. The van der Waals surface area contributed by atoms with E-state index in [4.69, 9.17) is 9.47 Å². The second kappa shape index (κ2) is 16.9. The summed E-state index contributed by atoms with van der Waals surface area (Å²) in [5, 5.41) is 0. The minimum Gasteiger partial charge on any atom is -0.355 e. The molecule has 0 rings (SSSR count). The van der Waals surface area contributed by atoms with Crippen LogP contribution in [0.15, 0.2) is 0 Å². The predicted octanol–water partition coefficient (Wildman–Crippen LogP) is 5.31. The standard InChI is InChI=1S/C16H34O2/c1-3-5-7-8-9-10-11-13-15-18-16-17-14-12-6-4-2/h3-16H2,1-2H3. The third-order valence-corrected chi connectivity index (χ3v) is 3.20. The Morgan fingerprint density at radius 1 is 0.500 bits per heavy atom. The van der Waals surface area contributed by atoms with Gasteiger partial charge in [-0.2, -0.15) is 0 Å². The first-order valence-corrected chi connectivity index (χ1v) is 8.07. The van der Waals surface area contributed by atoms with Gasteiger partial charge in [0.15, 0.2) is 0 Å². The highest BCUT2D eigenvalue weighted by Crippen LogP contribution is 2.08. The van der Waals surface area contributed by atoms with Crippen LogP contribution in [0.5, 0.6) is 0 Å². The zero-order chi connectivity index (χ0) is 13.3. The van der Waals surface area contributed by atoms with Gasteiger partial charge in [-0.25, -0.2) is 0 Å². The van der Waals surface area contributed by atoms with Gasteiger partial charge in [0.2, 0.25) is 0 Å². The van der Waals surface area contributed by atoms with E-state index in [0.29, 0.717) is 6.79 Å². The average Bonchev–Trinajstić information content (AvgIpc) is 2.39. The Bertz CT molecular complexity index is 121. The van der Waals surface area contributed by atoms with Crippen molar-refractivity contribution in [2.24, 2.45) is 0 Å². The fourth-order valence-corrected chi connectivity index (χ4v) is 1.97. The Balaban J connectivity index is 2.86. The minimum absolute atomic E-state index is 0.486. The largest absolute Gasteiger partial charge is 0.355 e. The lowest BCUT2D eigenvalue weighted by molar-refractivity contribution is -0.0555. The van der Waals surface area contributed by atoms with Crippen LogP contribution in [0.25, 0.3) is 0 Å². The number of hydrogen-bond donors (Lipinski definition) is 0. The summed E-state index contributed by atoms with van der Waals surface area (Å²) >= 11 is 0. The number of rotatable bonds is 15. The van der Waals surface area contributed by atoms with Gasteiger partial charge in [-0.05, 0) is 12.8 Å². The van der Waals surface area contributed by atoms with Gasteiger partial charge in [0.1, 0.15) is 6.79 Å². The van der Waals surface area contributed by atoms with E-state index in [9.17, 15) is 0 Å². The van der Waals surface area contributed by atoms with E-state index >= 15 is 0 Å². The van der Waals surface area contributed by atoms with Crippen molar-refractivity contribution in [3.05, 3.63) is 0 Å². The molecule has 18 heavy (non-hydrogen) atoms. The van der Waals surface area contributed by atoms with Crippen molar-refractivity contribution in [2.45, 2.75) is 84.5 Å². The summed E-state index contributed by atoms with van der Waals surface area (Å²) < 4.78 is 10.8. The zero-order valence-electron chi connectivity index (χ0n) is 12.7. The highest BCUT2D eigenvalue weighted by atomic mass is 16.7. The first-order chi connectivity index (χ1) is 8.91. The van der Waals surface area contributed by atoms with Crippen LogP contribution in [0.4, 0.5) is 0 Å². The quantitative estimate of drug-likeness (QED) is 0.293. The summed E-state index contributed by atoms with van der Waals surface area (Å²) in [6.07, 6.45) is 14.5. The maximum Gasteiger partial charge on any atom is 0.146 e. The smallest absolute Gasteiger partial charge is 0.146 e. The molecule has 0 aliphatic heterocycles.